The molecule has 1 heterocycles. The number of Topliss-reactive ketones (excluding diaryl/α,β-unsaturated/α-hetero) is 1. The molecule has 4 bridgehead atoms. The molecule has 25 heavy (non-hydrogen) atoms. The van der Waals surface area contributed by atoms with Crippen molar-refractivity contribution in [1.29, 1.82) is 0 Å². The monoisotopic (exact) mass is 343 g/mol. The van der Waals surface area contributed by atoms with Gasteiger partial charge in [-0.1, -0.05) is 0 Å². The number of nitrogens with one attached hydrogen (secondary N) is 1. The molecule has 5 rings (SSSR count). The molecule has 4 aliphatic rings. The van der Waals surface area contributed by atoms with Gasteiger partial charge in [0.2, 0.25) is 5.95 Å². The minimum atomic E-state index is -0.346. The van der Waals surface area contributed by atoms with Gasteiger partial charge in [-0.25, -0.2) is 9.97 Å². The lowest BCUT2D eigenvalue weighted by Crippen LogP contribution is -2.51. The fourth-order valence-electron chi connectivity index (χ4n) is 5.49. The SMILES string of the molecule is O=C(CCNc1ncccn1)OCC(=O)C12CC3CC(CC(C3)C1)C2. The maximum absolute atomic E-state index is 12.8. The fourth-order valence-corrected chi connectivity index (χ4v) is 5.49. The third kappa shape index (κ3) is 3.53. The van der Waals surface area contributed by atoms with Crippen molar-refractivity contribution in [3.05, 3.63) is 18.5 Å². The summed E-state index contributed by atoms with van der Waals surface area (Å²) in [4.78, 5) is 32.7. The highest BCUT2D eigenvalue weighted by molar-refractivity contribution is 5.88. The lowest BCUT2D eigenvalue weighted by Gasteiger charge is -2.55. The van der Waals surface area contributed by atoms with E-state index in [0.717, 1.165) is 37.0 Å². The summed E-state index contributed by atoms with van der Waals surface area (Å²) < 4.78 is 5.26. The molecule has 1 aromatic heterocycles. The van der Waals surface area contributed by atoms with Crippen molar-refractivity contribution in [2.24, 2.45) is 23.2 Å². The number of carbonyl (C=O) groups excluding carboxylic acids is 2. The third-order valence-corrected chi connectivity index (χ3v) is 6.17. The van der Waals surface area contributed by atoms with Crippen molar-refractivity contribution in [1.82, 2.24) is 9.97 Å². The van der Waals surface area contributed by atoms with Gasteiger partial charge in [-0.3, -0.25) is 9.59 Å². The van der Waals surface area contributed by atoms with Gasteiger partial charge in [0.1, 0.15) is 0 Å². The molecular weight excluding hydrogens is 318 g/mol. The zero-order valence-corrected chi connectivity index (χ0v) is 14.4. The van der Waals surface area contributed by atoms with Crippen LogP contribution in [0.3, 0.4) is 0 Å². The first kappa shape index (κ1) is 16.5. The molecule has 6 heteroatoms. The average molecular weight is 343 g/mol. The van der Waals surface area contributed by atoms with Crippen LogP contribution in [0.5, 0.6) is 0 Å². The van der Waals surface area contributed by atoms with Crippen LogP contribution in [0.2, 0.25) is 0 Å². The summed E-state index contributed by atoms with van der Waals surface area (Å²) in [6.45, 7) is 0.335. The summed E-state index contributed by atoms with van der Waals surface area (Å²) in [6, 6.07) is 1.73. The van der Waals surface area contributed by atoms with E-state index in [0.29, 0.717) is 12.5 Å². The summed E-state index contributed by atoms with van der Waals surface area (Å²) in [5.41, 5.74) is -0.189. The number of hydrogen-bond donors (Lipinski definition) is 1. The van der Waals surface area contributed by atoms with Gasteiger partial charge in [-0.05, 0) is 62.3 Å². The second kappa shape index (κ2) is 6.73. The van der Waals surface area contributed by atoms with Gasteiger partial charge >= 0.3 is 5.97 Å². The predicted molar refractivity (Wildman–Crippen MR) is 91.7 cm³/mol. The van der Waals surface area contributed by atoms with E-state index < -0.39 is 0 Å². The highest BCUT2D eigenvalue weighted by Crippen LogP contribution is 2.60. The molecule has 6 nitrogen and oxygen atoms in total. The first-order chi connectivity index (χ1) is 12.1. The maximum atomic E-state index is 12.8. The molecule has 0 saturated heterocycles. The van der Waals surface area contributed by atoms with E-state index >= 15 is 0 Å². The minimum absolute atomic E-state index is 0.0627. The smallest absolute Gasteiger partial charge is 0.308 e. The van der Waals surface area contributed by atoms with Gasteiger partial charge in [0.05, 0.1) is 6.42 Å². The largest absolute Gasteiger partial charge is 0.458 e. The predicted octanol–water partition coefficient (Wildman–Crippen LogP) is 2.61. The Morgan fingerprint density at radius 1 is 1.08 bits per heavy atom. The minimum Gasteiger partial charge on any atom is -0.458 e. The van der Waals surface area contributed by atoms with Gasteiger partial charge in [0, 0.05) is 24.4 Å². The lowest BCUT2D eigenvalue weighted by atomic mass is 9.48. The van der Waals surface area contributed by atoms with Crippen molar-refractivity contribution in [3.63, 3.8) is 0 Å². The Morgan fingerprint density at radius 3 is 2.28 bits per heavy atom. The topological polar surface area (TPSA) is 81.2 Å². The number of esters is 1. The number of anilines is 1. The standard InChI is InChI=1S/C19H25N3O3/c23-16(19-9-13-6-14(10-19)8-15(7-13)11-19)12-25-17(24)2-5-22-18-20-3-1-4-21-18/h1,3-4,13-15H,2,5-12H2,(H,20,21,22). The molecule has 0 aromatic carbocycles. The molecular formula is C19H25N3O3. The van der Waals surface area contributed by atoms with Crippen LogP contribution in [-0.4, -0.2) is 34.9 Å². The number of ether oxygens (including phenoxy) is 1. The summed E-state index contributed by atoms with van der Waals surface area (Å²) in [7, 11) is 0. The van der Waals surface area contributed by atoms with Crippen molar-refractivity contribution in [3.8, 4) is 0 Å². The van der Waals surface area contributed by atoms with Gasteiger partial charge in [-0.15, -0.1) is 0 Å². The van der Waals surface area contributed by atoms with Gasteiger partial charge in [0.15, 0.2) is 12.4 Å². The van der Waals surface area contributed by atoms with Crippen molar-refractivity contribution in [2.75, 3.05) is 18.5 Å². The molecule has 0 aliphatic heterocycles. The number of hydrogen-bond acceptors (Lipinski definition) is 6. The Labute approximate surface area is 147 Å². The van der Waals surface area contributed by atoms with E-state index in [1.54, 1.807) is 18.5 Å². The van der Waals surface area contributed by atoms with Gasteiger partial charge in [-0.2, -0.15) is 0 Å². The second-order valence-electron chi connectivity index (χ2n) is 8.03. The molecule has 4 fully saturated rings. The van der Waals surface area contributed by atoms with Crippen LogP contribution >= 0.6 is 0 Å². The molecule has 0 spiro atoms. The molecule has 4 saturated carbocycles. The van der Waals surface area contributed by atoms with E-state index in [-0.39, 0.29) is 30.2 Å². The molecule has 4 aliphatic carbocycles. The zero-order valence-electron chi connectivity index (χ0n) is 14.4. The molecule has 0 unspecified atom stereocenters. The molecule has 1 N–H and O–H groups in total. The number of rotatable bonds is 7. The van der Waals surface area contributed by atoms with Crippen LogP contribution in [0.4, 0.5) is 5.95 Å². The zero-order chi connectivity index (χ0) is 17.3. The van der Waals surface area contributed by atoms with E-state index in [2.05, 4.69) is 15.3 Å². The molecule has 0 radical (unpaired) electrons. The summed E-state index contributed by atoms with van der Waals surface area (Å²) in [5, 5.41) is 2.96. The first-order valence-electron chi connectivity index (χ1n) is 9.33. The van der Waals surface area contributed by atoms with Crippen LogP contribution in [0.1, 0.15) is 44.9 Å². The normalized spacial score (nSPS) is 32.4. The van der Waals surface area contributed by atoms with Crippen LogP contribution in [0.15, 0.2) is 18.5 Å². The lowest BCUT2D eigenvalue weighted by molar-refractivity contribution is -0.157. The molecule has 1 aromatic rings. The van der Waals surface area contributed by atoms with E-state index in [9.17, 15) is 9.59 Å². The molecule has 0 amide bonds. The van der Waals surface area contributed by atoms with Crippen molar-refractivity contribution < 1.29 is 14.3 Å². The van der Waals surface area contributed by atoms with Crippen LogP contribution in [0.25, 0.3) is 0 Å². The number of nitrogens with zero attached hydrogens (tertiary/aromatic N) is 2. The Kier molecular flexibility index (Phi) is 4.44. The van der Waals surface area contributed by atoms with Gasteiger partial charge in [0.25, 0.3) is 0 Å². The van der Waals surface area contributed by atoms with Crippen LogP contribution in [0, 0.1) is 23.2 Å². The third-order valence-electron chi connectivity index (χ3n) is 6.17. The second-order valence-corrected chi connectivity index (χ2v) is 8.03. The highest BCUT2D eigenvalue weighted by Gasteiger charge is 2.54. The Hall–Kier alpha value is -1.98. The van der Waals surface area contributed by atoms with E-state index in [1.807, 2.05) is 0 Å². The summed E-state index contributed by atoms with van der Waals surface area (Å²) >= 11 is 0. The van der Waals surface area contributed by atoms with Crippen LogP contribution < -0.4 is 5.32 Å². The number of ketones is 1. The molecule has 0 atom stereocenters. The highest BCUT2D eigenvalue weighted by atomic mass is 16.5. The quantitative estimate of drug-likeness (QED) is 0.767. The maximum Gasteiger partial charge on any atom is 0.308 e. The Balaban J connectivity index is 1.23. The van der Waals surface area contributed by atoms with Gasteiger partial charge < -0.3 is 10.1 Å². The average Bonchev–Trinajstić information content (AvgIpc) is 2.59. The van der Waals surface area contributed by atoms with E-state index in [4.69, 9.17) is 4.74 Å². The van der Waals surface area contributed by atoms with Crippen molar-refractivity contribution in [2.45, 2.75) is 44.9 Å². The van der Waals surface area contributed by atoms with E-state index in [1.165, 1.54) is 19.3 Å². The summed E-state index contributed by atoms with van der Waals surface area (Å²) in [5.74, 6) is 2.46. The molecule has 134 valence electrons. The van der Waals surface area contributed by atoms with Crippen LogP contribution in [-0.2, 0) is 14.3 Å². The van der Waals surface area contributed by atoms with Crippen molar-refractivity contribution >= 4 is 17.7 Å². The number of aromatic nitrogens is 2. The Morgan fingerprint density at radius 2 is 1.68 bits per heavy atom. The number of carbonyl (C=O) groups is 2. The first-order valence-corrected chi connectivity index (χ1v) is 9.33. The Bertz CT molecular complexity index is 611. The summed E-state index contributed by atoms with van der Waals surface area (Å²) in [6.07, 6.45) is 10.4. The fraction of sp³-hybridized carbons (Fsp3) is 0.684.